The average Bonchev–Trinajstić information content (AvgIpc) is 2.64. The van der Waals surface area contributed by atoms with Crippen molar-refractivity contribution in [3.63, 3.8) is 0 Å². The van der Waals surface area contributed by atoms with Gasteiger partial charge in [0.25, 0.3) is 0 Å². The molecule has 3 aliphatic rings. The van der Waals surface area contributed by atoms with E-state index in [9.17, 15) is 9.59 Å². The molecule has 0 aromatic rings. The van der Waals surface area contributed by atoms with Crippen LogP contribution in [0.1, 0.15) is 26.2 Å². The van der Waals surface area contributed by atoms with Crippen molar-refractivity contribution in [2.45, 2.75) is 26.2 Å². The Hall–Kier alpha value is -0.860. The van der Waals surface area contributed by atoms with Crippen LogP contribution in [0.15, 0.2) is 0 Å². The number of hydrogen-bond donors (Lipinski definition) is 0. The summed E-state index contributed by atoms with van der Waals surface area (Å²) in [6.45, 7) is 2.26. The van der Waals surface area contributed by atoms with Gasteiger partial charge in [0.1, 0.15) is 5.78 Å². The van der Waals surface area contributed by atoms with E-state index in [-0.39, 0.29) is 17.3 Å². The summed E-state index contributed by atoms with van der Waals surface area (Å²) in [6.07, 6.45) is 2.73. The molecule has 3 heteroatoms. The van der Waals surface area contributed by atoms with Gasteiger partial charge in [-0.15, -0.1) is 0 Å². The lowest BCUT2D eigenvalue weighted by atomic mass is 9.92. The molecule has 0 radical (unpaired) electrons. The van der Waals surface area contributed by atoms with Crippen LogP contribution in [0.25, 0.3) is 0 Å². The molecular weight excluding hydrogens is 180 g/mol. The van der Waals surface area contributed by atoms with Gasteiger partial charge in [0.05, 0.1) is 12.0 Å². The fourth-order valence-corrected chi connectivity index (χ4v) is 3.90. The Kier molecular flexibility index (Phi) is 1.44. The van der Waals surface area contributed by atoms with E-state index in [0.29, 0.717) is 30.6 Å². The highest BCUT2D eigenvalue weighted by Gasteiger charge is 2.82. The summed E-state index contributed by atoms with van der Waals surface area (Å²) in [5.41, 5.74) is -0.340. The summed E-state index contributed by atoms with van der Waals surface area (Å²) in [7, 11) is 0. The second-order valence-electron chi connectivity index (χ2n) is 4.68. The lowest BCUT2D eigenvalue weighted by molar-refractivity contribution is -0.151. The Morgan fingerprint density at radius 3 is 2.93 bits per heavy atom. The maximum Gasteiger partial charge on any atom is 0.313 e. The lowest BCUT2D eigenvalue weighted by Gasteiger charge is -2.15. The zero-order chi connectivity index (χ0) is 9.92. The van der Waals surface area contributed by atoms with Crippen molar-refractivity contribution in [2.24, 2.45) is 23.2 Å². The number of hydrogen-bond acceptors (Lipinski definition) is 3. The van der Waals surface area contributed by atoms with Gasteiger partial charge in [0.15, 0.2) is 0 Å². The third kappa shape index (κ3) is 0.677. The fourth-order valence-electron chi connectivity index (χ4n) is 3.90. The first kappa shape index (κ1) is 8.45. The van der Waals surface area contributed by atoms with Crippen molar-refractivity contribution in [2.75, 3.05) is 6.61 Å². The van der Waals surface area contributed by atoms with Crippen molar-refractivity contribution in [1.29, 1.82) is 0 Å². The molecular formula is C11H14O3. The second-order valence-corrected chi connectivity index (χ2v) is 4.68. The number of Topliss-reactive ketones (excluding diaryl/α,β-unsaturated/α-hetero) is 1. The first-order chi connectivity index (χ1) is 6.72. The summed E-state index contributed by atoms with van der Waals surface area (Å²) in [6, 6.07) is 0. The molecule has 0 saturated heterocycles. The van der Waals surface area contributed by atoms with Crippen LogP contribution in [0, 0.1) is 23.2 Å². The number of fused-ring (bicyclic) bond motifs is 1. The third-order valence-corrected chi connectivity index (χ3v) is 4.35. The van der Waals surface area contributed by atoms with E-state index >= 15 is 0 Å². The van der Waals surface area contributed by atoms with Crippen LogP contribution in [-0.4, -0.2) is 18.4 Å². The largest absolute Gasteiger partial charge is 0.466 e. The van der Waals surface area contributed by atoms with Crippen LogP contribution < -0.4 is 0 Å². The monoisotopic (exact) mass is 194 g/mol. The topological polar surface area (TPSA) is 43.4 Å². The number of ketones is 1. The Bertz CT molecular complexity index is 322. The van der Waals surface area contributed by atoms with Crippen molar-refractivity contribution < 1.29 is 14.3 Å². The average molecular weight is 194 g/mol. The van der Waals surface area contributed by atoms with Gasteiger partial charge >= 0.3 is 5.97 Å². The molecule has 3 saturated carbocycles. The number of rotatable bonds is 2. The number of esters is 1. The van der Waals surface area contributed by atoms with Gasteiger partial charge in [0, 0.05) is 12.3 Å². The van der Waals surface area contributed by atoms with Crippen molar-refractivity contribution in [1.82, 2.24) is 0 Å². The predicted octanol–water partition coefficient (Wildman–Crippen LogP) is 1.16. The fraction of sp³-hybridized carbons (Fsp3) is 0.818. The van der Waals surface area contributed by atoms with Crippen LogP contribution in [0.5, 0.6) is 0 Å². The van der Waals surface area contributed by atoms with Gasteiger partial charge in [-0.2, -0.15) is 0 Å². The molecule has 0 unspecified atom stereocenters. The molecule has 0 heterocycles. The van der Waals surface area contributed by atoms with Crippen LogP contribution in [-0.2, 0) is 14.3 Å². The summed E-state index contributed by atoms with van der Waals surface area (Å²) in [5, 5.41) is 0. The standard InChI is InChI=1S/C11H14O3/c1-2-14-10(13)11-6-3-4-7(11)9(11)8(12)5-6/h6-7,9H,2-5H2,1H3/t6-,7-,9-,11-/m1/s1. The van der Waals surface area contributed by atoms with Gasteiger partial charge in [0.2, 0.25) is 0 Å². The molecule has 0 aromatic carbocycles. The lowest BCUT2D eigenvalue weighted by Crippen LogP contribution is -2.24. The molecule has 0 aromatic heterocycles. The molecule has 0 aliphatic heterocycles. The molecule has 0 spiro atoms. The molecule has 3 aliphatic carbocycles. The summed E-state index contributed by atoms with van der Waals surface area (Å²) in [4.78, 5) is 23.4. The van der Waals surface area contributed by atoms with Crippen LogP contribution in [0.4, 0.5) is 0 Å². The molecule has 14 heavy (non-hydrogen) atoms. The smallest absolute Gasteiger partial charge is 0.313 e. The van der Waals surface area contributed by atoms with E-state index in [4.69, 9.17) is 4.74 Å². The molecule has 0 bridgehead atoms. The van der Waals surface area contributed by atoms with Crippen molar-refractivity contribution in [3.05, 3.63) is 0 Å². The molecule has 4 atom stereocenters. The Morgan fingerprint density at radius 2 is 2.36 bits per heavy atom. The quantitative estimate of drug-likeness (QED) is 0.620. The second kappa shape index (κ2) is 2.38. The minimum absolute atomic E-state index is 0.0419. The first-order valence-corrected chi connectivity index (χ1v) is 5.42. The Labute approximate surface area is 82.8 Å². The molecule has 76 valence electrons. The van der Waals surface area contributed by atoms with E-state index < -0.39 is 0 Å². The van der Waals surface area contributed by atoms with Crippen LogP contribution >= 0.6 is 0 Å². The molecule has 3 rings (SSSR count). The predicted molar refractivity (Wildman–Crippen MR) is 48.4 cm³/mol. The maximum atomic E-state index is 11.8. The molecule has 3 fully saturated rings. The first-order valence-electron chi connectivity index (χ1n) is 5.42. The summed E-state index contributed by atoms with van der Waals surface area (Å²) >= 11 is 0. The van der Waals surface area contributed by atoms with E-state index in [2.05, 4.69) is 0 Å². The van der Waals surface area contributed by atoms with Gasteiger partial charge in [-0.1, -0.05) is 0 Å². The zero-order valence-electron chi connectivity index (χ0n) is 8.29. The van der Waals surface area contributed by atoms with Crippen LogP contribution in [0.2, 0.25) is 0 Å². The number of carbonyl (C=O) groups excluding carboxylic acids is 2. The van der Waals surface area contributed by atoms with Gasteiger partial charge in [-0.05, 0) is 31.6 Å². The van der Waals surface area contributed by atoms with E-state index in [1.165, 1.54) is 0 Å². The molecule has 0 amide bonds. The highest BCUT2D eigenvalue weighted by molar-refractivity contribution is 6.00. The summed E-state index contributed by atoms with van der Waals surface area (Å²) in [5.74, 6) is 0.908. The minimum Gasteiger partial charge on any atom is -0.466 e. The highest BCUT2D eigenvalue weighted by atomic mass is 16.5. The van der Waals surface area contributed by atoms with Gasteiger partial charge < -0.3 is 4.74 Å². The van der Waals surface area contributed by atoms with Crippen molar-refractivity contribution in [3.8, 4) is 0 Å². The van der Waals surface area contributed by atoms with Crippen molar-refractivity contribution >= 4 is 11.8 Å². The Morgan fingerprint density at radius 1 is 1.57 bits per heavy atom. The third-order valence-electron chi connectivity index (χ3n) is 4.35. The number of carbonyl (C=O) groups is 2. The maximum absolute atomic E-state index is 11.8. The summed E-state index contributed by atoms with van der Waals surface area (Å²) < 4.78 is 5.11. The SMILES string of the molecule is CCOC(=O)[C@]12[C@@H]3CC[C@@H]1[C@@H]2C(=O)C3. The Balaban J connectivity index is 1.92. The zero-order valence-corrected chi connectivity index (χ0v) is 8.29. The normalized spacial score (nSPS) is 47.8. The van der Waals surface area contributed by atoms with E-state index in [1.807, 2.05) is 6.92 Å². The van der Waals surface area contributed by atoms with Crippen LogP contribution in [0.3, 0.4) is 0 Å². The minimum atomic E-state index is -0.340. The number of ether oxygens (including phenoxy) is 1. The highest BCUT2D eigenvalue weighted by Crippen LogP contribution is 2.76. The van der Waals surface area contributed by atoms with E-state index in [0.717, 1.165) is 12.8 Å². The van der Waals surface area contributed by atoms with Gasteiger partial charge in [-0.3, -0.25) is 9.59 Å². The van der Waals surface area contributed by atoms with E-state index in [1.54, 1.807) is 0 Å². The molecule has 3 nitrogen and oxygen atoms in total. The van der Waals surface area contributed by atoms with Gasteiger partial charge in [-0.25, -0.2) is 0 Å². The molecule has 0 N–H and O–H groups in total.